The van der Waals surface area contributed by atoms with Crippen LogP contribution in [0.5, 0.6) is 11.5 Å². The van der Waals surface area contributed by atoms with Crippen LogP contribution in [0.4, 0.5) is 0 Å². The summed E-state index contributed by atoms with van der Waals surface area (Å²) in [6.07, 6.45) is 0.956. The molecule has 2 N–H and O–H groups in total. The van der Waals surface area contributed by atoms with Gasteiger partial charge in [-0.15, -0.1) is 0 Å². The lowest BCUT2D eigenvalue weighted by molar-refractivity contribution is -0.145. The van der Waals surface area contributed by atoms with Gasteiger partial charge in [-0.3, -0.25) is 10.1 Å². The highest BCUT2D eigenvalue weighted by Gasteiger charge is 2.33. The molecule has 1 aromatic carbocycles. The van der Waals surface area contributed by atoms with Crippen molar-refractivity contribution >= 4 is 5.97 Å². The van der Waals surface area contributed by atoms with E-state index in [1.165, 1.54) is 0 Å². The predicted molar refractivity (Wildman–Crippen MR) is 77.4 cm³/mol. The second-order valence-corrected chi connectivity index (χ2v) is 4.78. The maximum absolute atomic E-state index is 11.2. The van der Waals surface area contributed by atoms with Gasteiger partial charge in [-0.2, -0.15) is 0 Å². The van der Waals surface area contributed by atoms with Gasteiger partial charge in [0.15, 0.2) is 0 Å². The number of hydrogen-bond donors (Lipinski definition) is 2. The van der Waals surface area contributed by atoms with Gasteiger partial charge in [-0.25, -0.2) is 0 Å². The molecular formula is C15H23NO4. The quantitative estimate of drug-likeness (QED) is 0.727. The van der Waals surface area contributed by atoms with Crippen molar-refractivity contribution in [1.82, 2.24) is 5.32 Å². The van der Waals surface area contributed by atoms with E-state index >= 15 is 0 Å². The first-order valence-corrected chi connectivity index (χ1v) is 6.86. The van der Waals surface area contributed by atoms with E-state index in [0.29, 0.717) is 18.9 Å². The number of benzene rings is 1. The van der Waals surface area contributed by atoms with Gasteiger partial charge in [0.25, 0.3) is 0 Å². The van der Waals surface area contributed by atoms with E-state index in [4.69, 9.17) is 9.47 Å². The largest absolute Gasteiger partial charge is 0.494 e. The molecule has 0 aliphatic rings. The van der Waals surface area contributed by atoms with Crippen LogP contribution in [0.25, 0.3) is 0 Å². The van der Waals surface area contributed by atoms with Gasteiger partial charge in [-0.1, -0.05) is 13.8 Å². The van der Waals surface area contributed by atoms with E-state index in [9.17, 15) is 9.90 Å². The first-order valence-electron chi connectivity index (χ1n) is 6.86. The average Bonchev–Trinajstić information content (AvgIpc) is 2.44. The molecule has 1 rings (SSSR count). The van der Waals surface area contributed by atoms with Crippen molar-refractivity contribution in [2.75, 3.05) is 19.8 Å². The lowest BCUT2D eigenvalue weighted by Gasteiger charge is -2.25. The van der Waals surface area contributed by atoms with Crippen LogP contribution >= 0.6 is 0 Å². The zero-order valence-corrected chi connectivity index (χ0v) is 12.3. The van der Waals surface area contributed by atoms with Crippen LogP contribution in [-0.2, 0) is 4.79 Å². The Bertz CT molecular complexity index is 418. The van der Waals surface area contributed by atoms with Gasteiger partial charge in [0, 0.05) is 0 Å². The minimum atomic E-state index is -1.09. The molecule has 0 saturated carbocycles. The molecule has 0 aliphatic heterocycles. The minimum absolute atomic E-state index is 0.0609. The van der Waals surface area contributed by atoms with Gasteiger partial charge in [0.1, 0.15) is 23.6 Å². The smallest absolute Gasteiger partial charge is 0.327 e. The number of carbonyl (C=O) groups is 1. The Morgan fingerprint density at radius 1 is 1.20 bits per heavy atom. The summed E-state index contributed by atoms with van der Waals surface area (Å²) in [5.74, 6) is 0.480. The first-order chi connectivity index (χ1) is 9.51. The fraction of sp³-hybridized carbons (Fsp3) is 0.533. The van der Waals surface area contributed by atoms with E-state index in [1.54, 1.807) is 19.1 Å². The highest BCUT2D eigenvalue weighted by molar-refractivity contribution is 5.78. The lowest BCUT2D eigenvalue weighted by atomic mass is 10.0. The third-order valence-corrected chi connectivity index (χ3v) is 2.86. The van der Waals surface area contributed by atoms with Gasteiger partial charge in [0.05, 0.1) is 6.61 Å². The molecule has 0 amide bonds. The lowest BCUT2D eigenvalue weighted by Crippen LogP contribution is -2.53. The highest BCUT2D eigenvalue weighted by atomic mass is 16.5. The zero-order valence-electron chi connectivity index (χ0n) is 12.3. The molecule has 5 heteroatoms. The van der Waals surface area contributed by atoms with Gasteiger partial charge >= 0.3 is 5.97 Å². The van der Waals surface area contributed by atoms with Crippen molar-refractivity contribution in [3.05, 3.63) is 24.3 Å². The van der Waals surface area contributed by atoms with Crippen LogP contribution in [0.3, 0.4) is 0 Å². The molecule has 0 aliphatic carbocycles. The number of aliphatic carboxylic acids is 1. The fourth-order valence-corrected chi connectivity index (χ4v) is 1.66. The third-order valence-electron chi connectivity index (χ3n) is 2.86. The van der Waals surface area contributed by atoms with E-state index in [2.05, 4.69) is 5.32 Å². The Morgan fingerprint density at radius 3 is 2.20 bits per heavy atom. The van der Waals surface area contributed by atoms with Crippen molar-refractivity contribution in [2.24, 2.45) is 0 Å². The molecule has 0 fully saturated rings. The normalized spacial score (nSPS) is 13.6. The van der Waals surface area contributed by atoms with Crippen molar-refractivity contribution in [3.8, 4) is 11.5 Å². The first kappa shape index (κ1) is 16.3. The van der Waals surface area contributed by atoms with Crippen LogP contribution in [-0.4, -0.2) is 36.4 Å². The Balaban J connectivity index is 2.58. The molecule has 0 spiro atoms. The number of ether oxygens (including phenoxy) is 2. The van der Waals surface area contributed by atoms with E-state index in [-0.39, 0.29) is 6.61 Å². The van der Waals surface area contributed by atoms with Crippen molar-refractivity contribution in [3.63, 3.8) is 0 Å². The van der Waals surface area contributed by atoms with Gasteiger partial charge < -0.3 is 14.6 Å². The number of nitrogens with one attached hydrogen (secondary N) is 1. The number of carboxylic acids is 1. The third kappa shape index (κ3) is 4.74. The summed E-state index contributed by atoms with van der Waals surface area (Å²) < 4.78 is 11.0. The average molecular weight is 281 g/mol. The molecule has 0 aromatic heterocycles. The summed E-state index contributed by atoms with van der Waals surface area (Å²) in [6, 6.07) is 7.19. The molecule has 1 aromatic rings. The van der Waals surface area contributed by atoms with Crippen molar-refractivity contribution in [1.29, 1.82) is 0 Å². The Hall–Kier alpha value is -1.75. The molecule has 1 unspecified atom stereocenters. The predicted octanol–water partition coefficient (Wildman–Crippen LogP) is 2.31. The van der Waals surface area contributed by atoms with Crippen LogP contribution in [0, 0.1) is 0 Å². The fourth-order valence-electron chi connectivity index (χ4n) is 1.66. The summed E-state index contributed by atoms with van der Waals surface area (Å²) >= 11 is 0. The van der Waals surface area contributed by atoms with Crippen LogP contribution in [0.15, 0.2) is 24.3 Å². The van der Waals surface area contributed by atoms with Crippen molar-refractivity contribution in [2.45, 2.75) is 32.7 Å². The maximum Gasteiger partial charge on any atom is 0.327 e. The van der Waals surface area contributed by atoms with Gasteiger partial charge in [0.2, 0.25) is 0 Å². The molecule has 0 bridgehead atoms. The summed E-state index contributed by atoms with van der Waals surface area (Å²) in [5.41, 5.74) is -1.09. The second kappa shape index (κ2) is 7.75. The minimum Gasteiger partial charge on any atom is -0.494 e. The second-order valence-electron chi connectivity index (χ2n) is 4.78. The Labute approximate surface area is 119 Å². The SMILES string of the molecule is CCCOc1ccc(OCC(C)(NCC)C(=O)O)cc1. The summed E-state index contributed by atoms with van der Waals surface area (Å²) in [5, 5.41) is 12.1. The molecule has 0 saturated heterocycles. The van der Waals surface area contributed by atoms with Gasteiger partial charge in [-0.05, 0) is 44.2 Å². The monoisotopic (exact) mass is 281 g/mol. The summed E-state index contributed by atoms with van der Waals surface area (Å²) in [4.78, 5) is 11.2. The molecule has 5 nitrogen and oxygen atoms in total. The molecule has 0 heterocycles. The van der Waals surface area contributed by atoms with E-state index in [1.807, 2.05) is 26.0 Å². The molecule has 112 valence electrons. The van der Waals surface area contributed by atoms with Crippen LogP contribution < -0.4 is 14.8 Å². The molecule has 1 atom stereocenters. The topological polar surface area (TPSA) is 67.8 Å². The van der Waals surface area contributed by atoms with E-state index < -0.39 is 11.5 Å². The Kier molecular flexibility index (Phi) is 6.31. The molecular weight excluding hydrogens is 258 g/mol. The maximum atomic E-state index is 11.2. The standard InChI is InChI=1S/C15H23NO4/c1-4-10-19-12-6-8-13(9-7-12)20-11-15(3,14(17)18)16-5-2/h6-9,16H,4-5,10-11H2,1-3H3,(H,17,18). The van der Waals surface area contributed by atoms with Crippen LogP contribution in [0.2, 0.25) is 0 Å². The van der Waals surface area contributed by atoms with Crippen molar-refractivity contribution < 1.29 is 19.4 Å². The molecule has 20 heavy (non-hydrogen) atoms. The number of likely N-dealkylation sites (N-methyl/N-ethyl adjacent to an activating group) is 1. The molecule has 0 radical (unpaired) electrons. The number of hydrogen-bond acceptors (Lipinski definition) is 4. The summed E-state index contributed by atoms with van der Waals surface area (Å²) in [7, 11) is 0. The van der Waals surface area contributed by atoms with E-state index in [0.717, 1.165) is 12.2 Å². The summed E-state index contributed by atoms with van der Waals surface area (Å²) in [6.45, 7) is 6.82. The van der Waals surface area contributed by atoms with Crippen LogP contribution in [0.1, 0.15) is 27.2 Å². The number of carboxylic acid groups (broad SMARTS) is 1. The highest BCUT2D eigenvalue weighted by Crippen LogP contribution is 2.19. The Morgan fingerprint density at radius 2 is 1.75 bits per heavy atom. The number of rotatable bonds is 9. The zero-order chi connectivity index (χ0) is 15.0.